The minimum atomic E-state index is -0.0426. The van der Waals surface area contributed by atoms with Crippen LogP contribution in [0.2, 0.25) is 10.0 Å². The first-order valence-corrected chi connectivity index (χ1v) is 6.60. The third-order valence-corrected chi connectivity index (χ3v) is 3.36. The average Bonchev–Trinajstić information content (AvgIpc) is 2.71. The Morgan fingerprint density at radius 3 is 2.79 bits per heavy atom. The van der Waals surface area contributed by atoms with Gasteiger partial charge in [0.15, 0.2) is 0 Å². The van der Waals surface area contributed by atoms with Gasteiger partial charge >= 0.3 is 0 Å². The molecule has 6 heteroatoms. The van der Waals surface area contributed by atoms with E-state index < -0.39 is 0 Å². The predicted octanol–water partition coefficient (Wildman–Crippen LogP) is 3.07. The molecule has 0 aliphatic heterocycles. The number of nitrogens with zero attached hydrogens (tertiary/aromatic N) is 2. The monoisotopic (exact) mass is 299 g/mol. The molecule has 4 nitrogen and oxygen atoms in total. The average molecular weight is 300 g/mol. The zero-order chi connectivity index (χ0) is 13.8. The summed E-state index contributed by atoms with van der Waals surface area (Å²) in [4.78, 5) is 0. The van der Waals surface area contributed by atoms with Gasteiger partial charge in [0.25, 0.3) is 0 Å². The molecule has 2 rings (SSSR count). The van der Waals surface area contributed by atoms with Crippen molar-refractivity contribution in [2.24, 2.45) is 7.05 Å². The van der Waals surface area contributed by atoms with E-state index >= 15 is 0 Å². The topological polar surface area (TPSA) is 39.1 Å². The number of aromatic nitrogens is 2. The molecule has 0 aliphatic rings. The van der Waals surface area contributed by atoms with Gasteiger partial charge < -0.3 is 10.1 Å². The Hall–Kier alpha value is -1.23. The van der Waals surface area contributed by atoms with Crippen LogP contribution in [0, 0.1) is 0 Å². The van der Waals surface area contributed by atoms with Gasteiger partial charge in [-0.05, 0) is 25.2 Å². The molecule has 1 N–H and O–H groups in total. The van der Waals surface area contributed by atoms with Gasteiger partial charge in [-0.1, -0.05) is 29.3 Å². The van der Waals surface area contributed by atoms with Crippen LogP contribution >= 0.6 is 23.2 Å². The predicted molar refractivity (Wildman–Crippen MR) is 77.0 cm³/mol. The highest BCUT2D eigenvalue weighted by Gasteiger charge is 2.18. The molecule has 2 aromatic rings. The Kier molecular flexibility index (Phi) is 4.69. The normalized spacial score (nSPS) is 12.4. The maximum absolute atomic E-state index is 6.13. The van der Waals surface area contributed by atoms with Crippen molar-refractivity contribution in [3.05, 3.63) is 46.2 Å². The summed E-state index contributed by atoms with van der Waals surface area (Å²) in [7, 11) is 3.71. The van der Waals surface area contributed by atoms with Crippen LogP contribution in [-0.4, -0.2) is 23.4 Å². The number of aryl methyl sites for hydroxylation is 1. The zero-order valence-electron chi connectivity index (χ0n) is 10.7. The van der Waals surface area contributed by atoms with Crippen molar-refractivity contribution >= 4 is 23.2 Å². The SMILES string of the molecule is CNC(COc1cccc(Cl)c1)c1c(Cl)cnn1C. The molecule has 1 aromatic carbocycles. The summed E-state index contributed by atoms with van der Waals surface area (Å²) in [6, 6.07) is 7.26. The quantitative estimate of drug-likeness (QED) is 0.922. The minimum Gasteiger partial charge on any atom is -0.491 e. The number of likely N-dealkylation sites (N-methyl/N-ethyl adjacent to an activating group) is 1. The van der Waals surface area contributed by atoms with E-state index in [2.05, 4.69) is 10.4 Å². The molecule has 0 aliphatic carbocycles. The van der Waals surface area contributed by atoms with Crippen LogP contribution in [0.5, 0.6) is 5.75 Å². The Morgan fingerprint density at radius 1 is 1.42 bits per heavy atom. The van der Waals surface area contributed by atoms with Gasteiger partial charge in [-0.25, -0.2) is 0 Å². The lowest BCUT2D eigenvalue weighted by atomic mass is 10.2. The summed E-state index contributed by atoms with van der Waals surface area (Å²) in [5, 5.41) is 8.56. The highest BCUT2D eigenvalue weighted by atomic mass is 35.5. The van der Waals surface area contributed by atoms with Gasteiger partial charge in [0.1, 0.15) is 12.4 Å². The second-order valence-electron chi connectivity index (χ2n) is 4.11. The molecule has 1 unspecified atom stereocenters. The number of nitrogens with one attached hydrogen (secondary N) is 1. The summed E-state index contributed by atoms with van der Waals surface area (Å²) < 4.78 is 7.47. The van der Waals surface area contributed by atoms with Gasteiger partial charge in [0, 0.05) is 12.1 Å². The van der Waals surface area contributed by atoms with Crippen molar-refractivity contribution in [3.63, 3.8) is 0 Å². The highest BCUT2D eigenvalue weighted by Crippen LogP contribution is 2.23. The molecule has 0 spiro atoms. The lowest BCUT2D eigenvalue weighted by Crippen LogP contribution is -2.25. The van der Waals surface area contributed by atoms with Gasteiger partial charge in [-0.2, -0.15) is 5.10 Å². The van der Waals surface area contributed by atoms with Crippen molar-refractivity contribution in [3.8, 4) is 5.75 Å². The van der Waals surface area contributed by atoms with Crippen molar-refractivity contribution in [1.29, 1.82) is 0 Å². The number of halogens is 2. The lowest BCUT2D eigenvalue weighted by molar-refractivity contribution is 0.267. The van der Waals surface area contributed by atoms with Crippen molar-refractivity contribution in [1.82, 2.24) is 15.1 Å². The minimum absolute atomic E-state index is 0.0426. The van der Waals surface area contributed by atoms with Crippen LogP contribution in [-0.2, 0) is 7.05 Å². The summed E-state index contributed by atoms with van der Waals surface area (Å²) >= 11 is 12.0. The number of benzene rings is 1. The first kappa shape index (κ1) is 14.2. The maximum atomic E-state index is 6.13. The highest BCUT2D eigenvalue weighted by molar-refractivity contribution is 6.31. The molecule has 0 amide bonds. The largest absolute Gasteiger partial charge is 0.491 e. The van der Waals surface area contributed by atoms with Crippen molar-refractivity contribution in [2.75, 3.05) is 13.7 Å². The van der Waals surface area contributed by atoms with E-state index in [1.54, 1.807) is 16.9 Å². The third-order valence-electron chi connectivity index (χ3n) is 2.83. The molecule has 19 heavy (non-hydrogen) atoms. The van der Waals surface area contributed by atoms with Crippen LogP contribution in [0.4, 0.5) is 0 Å². The number of rotatable bonds is 5. The van der Waals surface area contributed by atoms with Crippen LogP contribution in [0.1, 0.15) is 11.7 Å². The van der Waals surface area contributed by atoms with E-state index in [0.29, 0.717) is 16.7 Å². The maximum Gasteiger partial charge on any atom is 0.120 e. The fraction of sp³-hybridized carbons (Fsp3) is 0.308. The molecule has 1 atom stereocenters. The van der Waals surface area contributed by atoms with Crippen molar-refractivity contribution in [2.45, 2.75) is 6.04 Å². The molecule has 0 bridgehead atoms. The Balaban J connectivity index is 2.08. The number of hydrogen-bond acceptors (Lipinski definition) is 3. The van der Waals surface area contributed by atoms with Crippen molar-refractivity contribution < 1.29 is 4.74 Å². The zero-order valence-corrected chi connectivity index (χ0v) is 12.2. The smallest absolute Gasteiger partial charge is 0.120 e. The van der Waals surface area contributed by atoms with Gasteiger partial charge in [0.2, 0.25) is 0 Å². The van der Waals surface area contributed by atoms with E-state index in [-0.39, 0.29) is 6.04 Å². The van der Waals surface area contributed by atoms with E-state index in [9.17, 15) is 0 Å². The Morgan fingerprint density at radius 2 is 2.21 bits per heavy atom. The van der Waals surface area contributed by atoms with Crippen LogP contribution in [0.25, 0.3) is 0 Å². The summed E-state index contributed by atoms with van der Waals surface area (Å²) in [5.41, 5.74) is 0.895. The molecular weight excluding hydrogens is 285 g/mol. The van der Waals surface area contributed by atoms with Gasteiger partial charge in [0.05, 0.1) is 23.0 Å². The van der Waals surface area contributed by atoms with E-state index in [1.165, 1.54) is 0 Å². The second-order valence-corrected chi connectivity index (χ2v) is 4.95. The molecular formula is C13H15Cl2N3O. The molecule has 0 radical (unpaired) electrons. The fourth-order valence-corrected chi connectivity index (χ4v) is 2.33. The van der Waals surface area contributed by atoms with E-state index in [1.807, 2.05) is 32.3 Å². The van der Waals surface area contributed by atoms with E-state index in [0.717, 1.165) is 11.4 Å². The molecule has 0 saturated carbocycles. The molecule has 0 saturated heterocycles. The first-order valence-electron chi connectivity index (χ1n) is 5.85. The molecule has 1 heterocycles. The summed E-state index contributed by atoms with van der Waals surface area (Å²) in [6.07, 6.45) is 1.63. The van der Waals surface area contributed by atoms with Gasteiger partial charge in [-0.3, -0.25) is 4.68 Å². The van der Waals surface area contributed by atoms with Crippen LogP contribution < -0.4 is 10.1 Å². The first-order chi connectivity index (χ1) is 9.11. The summed E-state index contributed by atoms with van der Waals surface area (Å²) in [5.74, 6) is 0.728. The Bertz CT molecular complexity index is 537. The molecule has 102 valence electrons. The van der Waals surface area contributed by atoms with Crippen LogP contribution in [0.15, 0.2) is 30.5 Å². The van der Waals surface area contributed by atoms with Gasteiger partial charge in [-0.15, -0.1) is 0 Å². The molecule has 1 aromatic heterocycles. The summed E-state index contributed by atoms with van der Waals surface area (Å²) in [6.45, 7) is 0.441. The Labute approximate surface area is 122 Å². The second kappa shape index (κ2) is 6.28. The number of hydrogen-bond donors (Lipinski definition) is 1. The molecule has 0 fully saturated rings. The standard InChI is InChI=1S/C13H15Cl2N3O/c1-16-12(13-11(15)7-17-18(13)2)8-19-10-5-3-4-9(14)6-10/h3-7,12,16H,8H2,1-2H3. The third kappa shape index (κ3) is 3.41. The van der Waals surface area contributed by atoms with E-state index in [4.69, 9.17) is 27.9 Å². The fourth-order valence-electron chi connectivity index (χ4n) is 1.85. The van der Waals surface area contributed by atoms with Crippen LogP contribution in [0.3, 0.4) is 0 Å². The lowest BCUT2D eigenvalue weighted by Gasteiger charge is -2.18. The number of ether oxygens (including phenoxy) is 1.